The summed E-state index contributed by atoms with van der Waals surface area (Å²) in [6.45, 7) is 8.04. The second kappa shape index (κ2) is 7.84. The molecule has 0 radical (unpaired) electrons. The summed E-state index contributed by atoms with van der Waals surface area (Å²) in [7, 11) is -1.11. The van der Waals surface area contributed by atoms with Gasteiger partial charge in [-0.3, -0.25) is 4.79 Å². The molecule has 1 amide bonds. The largest absolute Gasteiger partial charge is 0.359 e. The molecule has 10 heteroatoms. The molecule has 3 aromatic rings. The quantitative estimate of drug-likeness (QED) is 0.317. The average Bonchev–Trinajstić information content (AvgIpc) is 3.16. The van der Waals surface area contributed by atoms with Crippen molar-refractivity contribution in [3.05, 3.63) is 40.1 Å². The predicted molar refractivity (Wildman–Crippen MR) is 110 cm³/mol. The number of aromatic nitrogens is 5. The van der Waals surface area contributed by atoms with E-state index in [1.807, 2.05) is 0 Å². The standard InChI is InChI=1S/C16H21IN6O2Si/c1-26(2,3)8-7-25-11-23-14(17)13(10-20-23)21-16(24)12-9-19-22-6-4-5-18-15(12)22/h4-6,9-10H,7-8,11H2,1-3H3,(H,21,24). The molecule has 0 aliphatic heterocycles. The highest BCUT2D eigenvalue weighted by molar-refractivity contribution is 14.1. The molecule has 0 saturated heterocycles. The summed E-state index contributed by atoms with van der Waals surface area (Å²) in [4.78, 5) is 16.8. The fraction of sp³-hybridized carbons (Fsp3) is 0.375. The van der Waals surface area contributed by atoms with Crippen LogP contribution in [0.5, 0.6) is 0 Å². The van der Waals surface area contributed by atoms with Gasteiger partial charge in [-0.25, -0.2) is 14.2 Å². The van der Waals surface area contributed by atoms with Gasteiger partial charge in [-0.15, -0.1) is 0 Å². The molecule has 0 unspecified atom stereocenters. The molecule has 1 N–H and O–H groups in total. The molecule has 0 aromatic carbocycles. The van der Waals surface area contributed by atoms with Gasteiger partial charge in [0.25, 0.3) is 5.91 Å². The molecule has 26 heavy (non-hydrogen) atoms. The molecule has 3 aromatic heterocycles. The normalized spacial score (nSPS) is 11.8. The highest BCUT2D eigenvalue weighted by Crippen LogP contribution is 2.19. The highest BCUT2D eigenvalue weighted by Gasteiger charge is 2.17. The van der Waals surface area contributed by atoms with Crippen molar-refractivity contribution >= 4 is 47.9 Å². The first-order valence-corrected chi connectivity index (χ1v) is 13.0. The Balaban J connectivity index is 1.64. The zero-order valence-corrected chi connectivity index (χ0v) is 18.1. The van der Waals surface area contributed by atoms with Crippen molar-refractivity contribution in [2.45, 2.75) is 32.4 Å². The minimum Gasteiger partial charge on any atom is -0.359 e. The van der Waals surface area contributed by atoms with Gasteiger partial charge in [0.2, 0.25) is 0 Å². The van der Waals surface area contributed by atoms with Gasteiger partial charge in [0.05, 0.1) is 18.1 Å². The number of fused-ring (bicyclic) bond motifs is 1. The van der Waals surface area contributed by atoms with Crippen LogP contribution in [0.2, 0.25) is 25.7 Å². The summed E-state index contributed by atoms with van der Waals surface area (Å²) in [5.74, 6) is -0.268. The smallest absolute Gasteiger partial charge is 0.261 e. The summed E-state index contributed by atoms with van der Waals surface area (Å²) < 4.78 is 9.83. The lowest BCUT2D eigenvalue weighted by molar-refractivity contribution is 0.0768. The minimum atomic E-state index is -1.11. The summed E-state index contributed by atoms with van der Waals surface area (Å²) in [5, 5.41) is 11.3. The van der Waals surface area contributed by atoms with Crippen molar-refractivity contribution < 1.29 is 9.53 Å². The van der Waals surface area contributed by atoms with Gasteiger partial charge in [0, 0.05) is 27.1 Å². The van der Waals surface area contributed by atoms with E-state index >= 15 is 0 Å². The number of amides is 1. The van der Waals surface area contributed by atoms with E-state index < -0.39 is 8.07 Å². The maximum Gasteiger partial charge on any atom is 0.261 e. The van der Waals surface area contributed by atoms with Crippen LogP contribution in [0.3, 0.4) is 0 Å². The number of hydrogen-bond donors (Lipinski definition) is 1. The highest BCUT2D eigenvalue weighted by atomic mass is 127. The van der Waals surface area contributed by atoms with E-state index in [1.165, 1.54) is 6.20 Å². The maximum absolute atomic E-state index is 12.5. The van der Waals surface area contributed by atoms with Gasteiger partial charge in [0.1, 0.15) is 16.0 Å². The number of hydrogen-bond acceptors (Lipinski definition) is 5. The third-order valence-electron chi connectivity index (χ3n) is 3.76. The molecule has 0 aliphatic carbocycles. The zero-order valence-electron chi connectivity index (χ0n) is 14.9. The average molecular weight is 484 g/mol. The lowest BCUT2D eigenvalue weighted by Crippen LogP contribution is -2.22. The van der Waals surface area contributed by atoms with E-state index in [2.05, 4.69) is 62.7 Å². The molecule has 0 saturated carbocycles. The molecule has 0 spiro atoms. The lowest BCUT2D eigenvalue weighted by Gasteiger charge is -2.15. The van der Waals surface area contributed by atoms with Crippen LogP contribution in [0.15, 0.2) is 30.9 Å². The van der Waals surface area contributed by atoms with Gasteiger partial charge in [-0.05, 0) is 34.7 Å². The van der Waals surface area contributed by atoms with Crippen LogP contribution in [-0.4, -0.2) is 45.0 Å². The van der Waals surface area contributed by atoms with Crippen molar-refractivity contribution in [3.8, 4) is 0 Å². The molecule has 3 rings (SSSR count). The zero-order chi connectivity index (χ0) is 18.7. The van der Waals surface area contributed by atoms with E-state index in [0.717, 1.165) is 16.4 Å². The third kappa shape index (κ3) is 4.48. The molecular formula is C16H21IN6O2Si. The van der Waals surface area contributed by atoms with E-state index in [-0.39, 0.29) is 5.91 Å². The van der Waals surface area contributed by atoms with Crippen LogP contribution in [0.25, 0.3) is 5.65 Å². The molecule has 0 atom stereocenters. The van der Waals surface area contributed by atoms with Crippen LogP contribution in [0.4, 0.5) is 5.69 Å². The molecule has 138 valence electrons. The monoisotopic (exact) mass is 484 g/mol. The second-order valence-electron chi connectivity index (χ2n) is 7.10. The van der Waals surface area contributed by atoms with Gasteiger partial charge in [0.15, 0.2) is 5.65 Å². The Morgan fingerprint density at radius 1 is 1.31 bits per heavy atom. The summed E-state index contributed by atoms with van der Waals surface area (Å²) in [6.07, 6.45) is 6.52. The summed E-state index contributed by atoms with van der Waals surface area (Å²) >= 11 is 2.15. The van der Waals surface area contributed by atoms with E-state index in [0.29, 0.717) is 23.6 Å². The van der Waals surface area contributed by atoms with Crippen LogP contribution < -0.4 is 5.32 Å². The fourth-order valence-electron chi connectivity index (χ4n) is 2.25. The molecular weight excluding hydrogens is 463 g/mol. The van der Waals surface area contributed by atoms with Crippen molar-refractivity contribution in [1.82, 2.24) is 24.4 Å². The summed E-state index contributed by atoms with van der Waals surface area (Å²) in [6, 6.07) is 2.87. The molecule has 0 fully saturated rings. The van der Waals surface area contributed by atoms with Crippen molar-refractivity contribution in [1.29, 1.82) is 0 Å². The van der Waals surface area contributed by atoms with Crippen molar-refractivity contribution in [2.75, 3.05) is 11.9 Å². The Kier molecular flexibility index (Phi) is 5.72. The molecule has 3 heterocycles. The first-order chi connectivity index (χ1) is 12.3. The first kappa shape index (κ1) is 19.0. The molecule has 0 aliphatic rings. The van der Waals surface area contributed by atoms with E-state index in [9.17, 15) is 4.79 Å². The van der Waals surface area contributed by atoms with Crippen LogP contribution in [0.1, 0.15) is 10.4 Å². The number of halogens is 1. The number of nitrogens with one attached hydrogen (secondary N) is 1. The molecule has 0 bridgehead atoms. The predicted octanol–water partition coefficient (Wildman–Crippen LogP) is 3.10. The van der Waals surface area contributed by atoms with Crippen LogP contribution in [-0.2, 0) is 11.5 Å². The number of anilines is 1. The van der Waals surface area contributed by atoms with Gasteiger partial charge >= 0.3 is 0 Å². The Labute approximate surface area is 166 Å². The minimum absolute atomic E-state index is 0.268. The van der Waals surface area contributed by atoms with Crippen molar-refractivity contribution in [2.24, 2.45) is 0 Å². The van der Waals surface area contributed by atoms with Crippen molar-refractivity contribution in [3.63, 3.8) is 0 Å². The van der Waals surface area contributed by atoms with Gasteiger partial charge < -0.3 is 10.1 Å². The second-order valence-corrected chi connectivity index (χ2v) is 13.7. The van der Waals surface area contributed by atoms with Gasteiger partial charge in [-0.1, -0.05) is 19.6 Å². The summed E-state index contributed by atoms with van der Waals surface area (Å²) in [5.41, 5.74) is 1.57. The SMILES string of the molecule is C[Si](C)(C)CCOCn1ncc(NC(=O)c2cnn3cccnc23)c1I. The topological polar surface area (TPSA) is 86.3 Å². The number of rotatable bonds is 7. The number of carbonyl (C=O) groups is 1. The third-order valence-corrected chi connectivity index (χ3v) is 6.60. The lowest BCUT2D eigenvalue weighted by atomic mass is 10.3. The number of carbonyl (C=O) groups excluding carboxylic acids is 1. The number of nitrogens with zero attached hydrogens (tertiary/aromatic N) is 5. The Morgan fingerprint density at radius 3 is 2.88 bits per heavy atom. The van der Waals surface area contributed by atoms with Gasteiger partial charge in [-0.2, -0.15) is 10.2 Å². The van der Waals surface area contributed by atoms with E-state index in [4.69, 9.17) is 4.74 Å². The fourth-order valence-corrected chi connectivity index (χ4v) is 3.55. The van der Waals surface area contributed by atoms with E-state index in [1.54, 1.807) is 33.9 Å². The Hall–Kier alpha value is -1.79. The molecule has 8 nitrogen and oxygen atoms in total. The Morgan fingerprint density at radius 2 is 2.12 bits per heavy atom. The van der Waals surface area contributed by atoms with Crippen LogP contribution in [0, 0.1) is 3.70 Å². The number of ether oxygens (including phenoxy) is 1. The maximum atomic E-state index is 12.5. The first-order valence-electron chi connectivity index (χ1n) is 8.24. The Bertz CT molecular complexity index is 917. The van der Waals surface area contributed by atoms with Crippen LogP contribution >= 0.6 is 22.6 Å².